The van der Waals surface area contributed by atoms with Crippen molar-refractivity contribution in [1.29, 1.82) is 0 Å². The zero-order valence-electron chi connectivity index (χ0n) is 18.7. The molecular formula is C23H27N5O4S. The van der Waals surface area contributed by atoms with Crippen molar-refractivity contribution < 1.29 is 14.3 Å². The molecule has 3 aromatic rings. The molecule has 10 heteroatoms. The van der Waals surface area contributed by atoms with E-state index in [-0.39, 0.29) is 23.8 Å². The standard InChI is InChI=1S/C23H27N5O4S/c1-14-15(2)33-23-21(14)22(31)26-18(27-23)7-8-19(29)24-16-3-5-17(6-4-16)25-20(30)13-28-9-11-32-12-10-28/h3-6H,7-13H2,1-2H3,(H,24,29)(H,25,30)(H,26,27,31). The van der Waals surface area contributed by atoms with Crippen LogP contribution in [0.25, 0.3) is 10.2 Å². The summed E-state index contributed by atoms with van der Waals surface area (Å²) in [5, 5.41) is 6.33. The average Bonchev–Trinajstić information content (AvgIpc) is 3.08. The van der Waals surface area contributed by atoms with Gasteiger partial charge in [0, 0.05) is 42.2 Å². The lowest BCUT2D eigenvalue weighted by Crippen LogP contribution is -2.41. The minimum atomic E-state index is -0.180. The first kappa shape index (κ1) is 23.1. The molecule has 3 N–H and O–H groups in total. The van der Waals surface area contributed by atoms with E-state index in [0.717, 1.165) is 23.5 Å². The quantitative estimate of drug-likeness (QED) is 0.489. The van der Waals surface area contributed by atoms with Crippen LogP contribution >= 0.6 is 11.3 Å². The number of benzene rings is 1. The largest absolute Gasteiger partial charge is 0.379 e. The van der Waals surface area contributed by atoms with Crippen molar-refractivity contribution in [3.8, 4) is 0 Å². The van der Waals surface area contributed by atoms with Gasteiger partial charge in [0.25, 0.3) is 5.56 Å². The third kappa shape index (κ3) is 5.84. The topological polar surface area (TPSA) is 116 Å². The molecule has 3 heterocycles. The van der Waals surface area contributed by atoms with Gasteiger partial charge in [0.2, 0.25) is 11.8 Å². The van der Waals surface area contributed by atoms with E-state index < -0.39 is 0 Å². The number of aryl methyl sites for hydroxylation is 3. The average molecular weight is 470 g/mol. The van der Waals surface area contributed by atoms with Crippen molar-refractivity contribution in [2.75, 3.05) is 43.5 Å². The molecule has 2 aromatic heterocycles. The van der Waals surface area contributed by atoms with E-state index in [4.69, 9.17) is 4.74 Å². The molecule has 0 spiro atoms. The number of rotatable bonds is 7. The Morgan fingerprint density at radius 3 is 2.39 bits per heavy atom. The molecule has 1 aromatic carbocycles. The molecule has 0 atom stereocenters. The Kier molecular flexibility index (Phi) is 7.17. The van der Waals surface area contributed by atoms with Gasteiger partial charge in [-0.05, 0) is 43.7 Å². The fourth-order valence-corrected chi connectivity index (χ4v) is 4.72. The summed E-state index contributed by atoms with van der Waals surface area (Å²) >= 11 is 1.49. The van der Waals surface area contributed by atoms with E-state index >= 15 is 0 Å². The fourth-order valence-electron chi connectivity index (χ4n) is 3.67. The summed E-state index contributed by atoms with van der Waals surface area (Å²) in [6.07, 6.45) is 0.526. The molecular weight excluding hydrogens is 442 g/mol. The van der Waals surface area contributed by atoms with Crippen LogP contribution in [0.3, 0.4) is 0 Å². The number of hydrogen-bond donors (Lipinski definition) is 3. The predicted octanol–water partition coefficient (Wildman–Crippen LogP) is 2.44. The summed E-state index contributed by atoms with van der Waals surface area (Å²) in [5.74, 6) is 0.242. The zero-order chi connectivity index (χ0) is 23.4. The summed E-state index contributed by atoms with van der Waals surface area (Å²) < 4.78 is 5.29. The minimum Gasteiger partial charge on any atom is -0.379 e. The molecule has 1 fully saturated rings. The number of anilines is 2. The molecule has 0 aliphatic carbocycles. The van der Waals surface area contributed by atoms with Crippen LogP contribution in [-0.4, -0.2) is 59.5 Å². The molecule has 174 valence electrons. The van der Waals surface area contributed by atoms with Crippen LogP contribution in [0, 0.1) is 13.8 Å². The number of carbonyl (C=O) groups excluding carboxylic acids is 2. The second-order valence-corrected chi connectivity index (χ2v) is 9.24. The van der Waals surface area contributed by atoms with Crippen molar-refractivity contribution in [2.24, 2.45) is 0 Å². The Morgan fingerprint density at radius 1 is 1.09 bits per heavy atom. The molecule has 1 aliphatic rings. The van der Waals surface area contributed by atoms with Crippen molar-refractivity contribution >= 4 is 44.7 Å². The van der Waals surface area contributed by atoms with Crippen molar-refractivity contribution in [1.82, 2.24) is 14.9 Å². The molecule has 0 unspecified atom stereocenters. The van der Waals surface area contributed by atoms with Gasteiger partial charge in [-0.25, -0.2) is 4.98 Å². The fraction of sp³-hybridized carbons (Fsp3) is 0.391. The van der Waals surface area contributed by atoms with Crippen LogP contribution in [0.4, 0.5) is 11.4 Å². The number of nitrogens with one attached hydrogen (secondary N) is 3. The minimum absolute atomic E-state index is 0.0803. The number of fused-ring (bicyclic) bond motifs is 1. The van der Waals surface area contributed by atoms with Crippen LogP contribution in [-0.2, 0) is 20.7 Å². The van der Waals surface area contributed by atoms with E-state index in [9.17, 15) is 14.4 Å². The lowest BCUT2D eigenvalue weighted by molar-refractivity contribution is -0.118. The van der Waals surface area contributed by atoms with Gasteiger partial charge < -0.3 is 20.4 Å². The molecule has 2 amide bonds. The smallest absolute Gasteiger partial charge is 0.259 e. The number of morpholine rings is 1. The second-order valence-electron chi connectivity index (χ2n) is 8.04. The SMILES string of the molecule is Cc1sc2nc(CCC(=O)Nc3ccc(NC(=O)CN4CCOCC4)cc3)[nH]c(=O)c2c1C. The normalized spacial score (nSPS) is 14.4. The van der Waals surface area contributed by atoms with Gasteiger partial charge in [0.15, 0.2) is 0 Å². The molecule has 0 radical (unpaired) electrons. The van der Waals surface area contributed by atoms with E-state index in [1.165, 1.54) is 11.3 Å². The Labute approximate surface area is 195 Å². The van der Waals surface area contributed by atoms with Gasteiger partial charge in [0.05, 0.1) is 25.1 Å². The highest BCUT2D eigenvalue weighted by molar-refractivity contribution is 7.18. The summed E-state index contributed by atoms with van der Waals surface area (Å²) in [6, 6.07) is 6.99. The molecule has 33 heavy (non-hydrogen) atoms. The highest BCUT2D eigenvalue weighted by atomic mass is 32.1. The van der Waals surface area contributed by atoms with E-state index in [0.29, 0.717) is 53.6 Å². The van der Waals surface area contributed by atoms with Gasteiger partial charge >= 0.3 is 0 Å². The maximum Gasteiger partial charge on any atom is 0.259 e. The summed E-state index contributed by atoms with van der Waals surface area (Å²) in [4.78, 5) is 48.0. The number of ether oxygens (including phenoxy) is 1. The summed E-state index contributed by atoms with van der Waals surface area (Å²) in [7, 11) is 0. The number of aromatic amines is 1. The Balaban J connectivity index is 1.27. The first-order valence-corrected chi connectivity index (χ1v) is 11.7. The van der Waals surface area contributed by atoms with E-state index in [1.54, 1.807) is 24.3 Å². The van der Waals surface area contributed by atoms with Crippen molar-refractivity contribution in [3.05, 3.63) is 50.9 Å². The first-order chi connectivity index (χ1) is 15.9. The Hall–Kier alpha value is -3.08. The number of nitrogens with zero attached hydrogens (tertiary/aromatic N) is 2. The number of aromatic nitrogens is 2. The highest BCUT2D eigenvalue weighted by Gasteiger charge is 2.15. The van der Waals surface area contributed by atoms with Gasteiger partial charge in [0.1, 0.15) is 10.7 Å². The lowest BCUT2D eigenvalue weighted by atomic mass is 10.2. The third-order valence-electron chi connectivity index (χ3n) is 5.60. The van der Waals surface area contributed by atoms with Gasteiger partial charge in [-0.15, -0.1) is 11.3 Å². The van der Waals surface area contributed by atoms with Gasteiger partial charge in [-0.2, -0.15) is 0 Å². The molecule has 0 saturated carbocycles. The second kappa shape index (κ2) is 10.2. The highest BCUT2D eigenvalue weighted by Crippen LogP contribution is 2.25. The van der Waals surface area contributed by atoms with Crippen molar-refractivity contribution in [2.45, 2.75) is 26.7 Å². The number of carbonyl (C=O) groups is 2. The monoisotopic (exact) mass is 469 g/mol. The van der Waals surface area contributed by atoms with Crippen molar-refractivity contribution in [3.63, 3.8) is 0 Å². The van der Waals surface area contributed by atoms with Crippen LogP contribution < -0.4 is 16.2 Å². The van der Waals surface area contributed by atoms with E-state index in [1.807, 2.05) is 18.7 Å². The van der Waals surface area contributed by atoms with Gasteiger partial charge in [-0.3, -0.25) is 19.3 Å². The van der Waals surface area contributed by atoms with Crippen LogP contribution in [0.15, 0.2) is 29.1 Å². The lowest BCUT2D eigenvalue weighted by Gasteiger charge is -2.25. The molecule has 9 nitrogen and oxygen atoms in total. The summed E-state index contributed by atoms with van der Waals surface area (Å²) in [6.45, 7) is 7.01. The number of thiophene rings is 1. The van der Waals surface area contributed by atoms with Crippen LogP contribution in [0.2, 0.25) is 0 Å². The summed E-state index contributed by atoms with van der Waals surface area (Å²) in [5.41, 5.74) is 2.09. The van der Waals surface area contributed by atoms with E-state index in [2.05, 4.69) is 20.6 Å². The van der Waals surface area contributed by atoms with Crippen LogP contribution in [0.1, 0.15) is 22.7 Å². The Morgan fingerprint density at radius 2 is 1.73 bits per heavy atom. The first-order valence-electron chi connectivity index (χ1n) is 10.9. The molecule has 1 saturated heterocycles. The van der Waals surface area contributed by atoms with Gasteiger partial charge in [-0.1, -0.05) is 0 Å². The predicted molar refractivity (Wildman–Crippen MR) is 129 cm³/mol. The Bertz CT molecular complexity index is 1210. The molecule has 1 aliphatic heterocycles. The third-order valence-corrected chi connectivity index (χ3v) is 6.70. The number of hydrogen-bond acceptors (Lipinski definition) is 7. The zero-order valence-corrected chi connectivity index (χ0v) is 19.5. The molecule has 0 bridgehead atoms. The number of amides is 2. The maximum atomic E-state index is 12.4. The molecule has 4 rings (SSSR count). The van der Waals surface area contributed by atoms with Crippen LogP contribution in [0.5, 0.6) is 0 Å². The number of H-pyrrole nitrogens is 1. The maximum absolute atomic E-state index is 12.4.